The third kappa shape index (κ3) is 3.72. The van der Waals surface area contributed by atoms with Gasteiger partial charge in [0.2, 0.25) is 5.91 Å². The lowest BCUT2D eigenvalue weighted by atomic mass is 9.81. The summed E-state index contributed by atoms with van der Waals surface area (Å²) in [6.45, 7) is 5.63. The summed E-state index contributed by atoms with van der Waals surface area (Å²) >= 11 is 0. The molecule has 0 radical (unpaired) electrons. The molecular weight excluding hydrogens is 218 g/mol. The number of rotatable bonds is 5. The highest BCUT2D eigenvalue weighted by Crippen LogP contribution is 2.30. The van der Waals surface area contributed by atoms with Gasteiger partial charge < -0.3 is 10.0 Å². The number of aliphatic carboxylic acids is 1. The largest absolute Gasteiger partial charge is 0.481 e. The smallest absolute Gasteiger partial charge is 0.306 e. The first-order valence-corrected chi connectivity index (χ1v) is 6.61. The quantitative estimate of drug-likeness (QED) is 0.802. The molecule has 4 nitrogen and oxygen atoms in total. The number of hydrogen-bond donors (Lipinski definition) is 1. The van der Waals surface area contributed by atoms with Crippen LogP contribution in [-0.2, 0) is 9.59 Å². The van der Waals surface area contributed by atoms with E-state index < -0.39 is 5.97 Å². The predicted octanol–water partition coefficient (Wildman–Crippen LogP) is 2.14. The summed E-state index contributed by atoms with van der Waals surface area (Å²) < 4.78 is 0. The Morgan fingerprint density at radius 1 is 1.12 bits per heavy atom. The second-order valence-electron chi connectivity index (χ2n) is 4.80. The van der Waals surface area contributed by atoms with Crippen LogP contribution in [0, 0.1) is 11.8 Å². The molecule has 1 aliphatic carbocycles. The lowest BCUT2D eigenvalue weighted by Crippen LogP contribution is -2.38. The summed E-state index contributed by atoms with van der Waals surface area (Å²) in [5.41, 5.74) is 0. The van der Waals surface area contributed by atoms with Crippen molar-refractivity contribution >= 4 is 11.9 Å². The molecule has 1 saturated carbocycles. The van der Waals surface area contributed by atoms with Crippen LogP contribution in [-0.4, -0.2) is 35.0 Å². The van der Waals surface area contributed by atoms with E-state index in [1.165, 1.54) is 0 Å². The maximum atomic E-state index is 12.2. The van der Waals surface area contributed by atoms with Gasteiger partial charge in [-0.15, -0.1) is 0 Å². The van der Waals surface area contributed by atoms with E-state index in [9.17, 15) is 9.59 Å². The Balaban J connectivity index is 2.47. The molecule has 0 unspecified atom stereocenters. The average molecular weight is 241 g/mol. The molecular formula is C13H23NO3. The highest BCUT2D eigenvalue weighted by molar-refractivity contribution is 5.79. The van der Waals surface area contributed by atoms with Gasteiger partial charge in [-0.05, 0) is 39.0 Å². The molecule has 17 heavy (non-hydrogen) atoms. The van der Waals surface area contributed by atoms with Gasteiger partial charge >= 0.3 is 5.97 Å². The molecule has 1 fully saturated rings. The number of carboxylic acids is 1. The molecule has 98 valence electrons. The highest BCUT2D eigenvalue weighted by Gasteiger charge is 2.31. The Bertz CT molecular complexity index is 270. The zero-order chi connectivity index (χ0) is 12.8. The molecule has 1 rings (SSSR count). The van der Waals surface area contributed by atoms with Crippen molar-refractivity contribution in [2.45, 2.75) is 46.0 Å². The first-order valence-electron chi connectivity index (χ1n) is 6.61. The van der Waals surface area contributed by atoms with Crippen LogP contribution < -0.4 is 0 Å². The van der Waals surface area contributed by atoms with Crippen LogP contribution in [0.25, 0.3) is 0 Å². The third-order valence-corrected chi connectivity index (χ3v) is 3.61. The first kappa shape index (κ1) is 14.0. The molecule has 1 amide bonds. The molecule has 0 bridgehead atoms. The van der Waals surface area contributed by atoms with Crippen LogP contribution in [0.5, 0.6) is 0 Å². The Morgan fingerprint density at radius 3 is 2.06 bits per heavy atom. The molecule has 0 heterocycles. The molecule has 0 aromatic heterocycles. The third-order valence-electron chi connectivity index (χ3n) is 3.61. The minimum Gasteiger partial charge on any atom is -0.481 e. The van der Waals surface area contributed by atoms with Gasteiger partial charge in [-0.2, -0.15) is 0 Å². The maximum Gasteiger partial charge on any atom is 0.306 e. The highest BCUT2D eigenvalue weighted by atomic mass is 16.4. The zero-order valence-electron chi connectivity index (χ0n) is 10.8. The zero-order valence-corrected chi connectivity index (χ0v) is 10.8. The van der Waals surface area contributed by atoms with E-state index in [1.54, 1.807) is 0 Å². The topological polar surface area (TPSA) is 57.6 Å². The summed E-state index contributed by atoms with van der Waals surface area (Å²) in [7, 11) is 0. The molecule has 0 aromatic carbocycles. The predicted molar refractivity (Wildman–Crippen MR) is 65.6 cm³/mol. The Hall–Kier alpha value is -1.06. The maximum absolute atomic E-state index is 12.2. The van der Waals surface area contributed by atoms with E-state index >= 15 is 0 Å². The summed E-state index contributed by atoms with van der Waals surface area (Å²) in [5, 5.41) is 8.91. The summed E-state index contributed by atoms with van der Waals surface area (Å²) in [6.07, 6.45) is 3.74. The van der Waals surface area contributed by atoms with E-state index in [0.29, 0.717) is 12.8 Å². The van der Waals surface area contributed by atoms with Crippen molar-refractivity contribution in [1.29, 1.82) is 0 Å². The fourth-order valence-corrected chi connectivity index (χ4v) is 2.54. The van der Waals surface area contributed by atoms with Crippen LogP contribution in [0.2, 0.25) is 0 Å². The lowest BCUT2D eigenvalue weighted by Gasteiger charge is -2.30. The van der Waals surface area contributed by atoms with Gasteiger partial charge in [0.25, 0.3) is 0 Å². The first-order chi connectivity index (χ1) is 8.10. The standard InChI is InChI=1S/C13H23NO3/c1-3-9-14(4-2)12(15)10-5-7-11(8-6-10)13(16)17/h10-11H,3-9H2,1-2H3,(H,16,17). The van der Waals surface area contributed by atoms with Crippen LogP contribution in [0.3, 0.4) is 0 Å². The fourth-order valence-electron chi connectivity index (χ4n) is 2.54. The number of nitrogens with zero attached hydrogens (tertiary/aromatic N) is 1. The molecule has 4 heteroatoms. The summed E-state index contributed by atoms with van der Waals surface area (Å²) in [6, 6.07) is 0. The van der Waals surface area contributed by atoms with Crippen molar-refractivity contribution < 1.29 is 14.7 Å². The Labute approximate surface area is 103 Å². The number of hydrogen-bond acceptors (Lipinski definition) is 2. The van der Waals surface area contributed by atoms with Gasteiger partial charge in [0, 0.05) is 19.0 Å². The summed E-state index contributed by atoms with van der Waals surface area (Å²) in [5.74, 6) is -0.674. The molecule has 1 N–H and O–H groups in total. The van der Waals surface area contributed by atoms with Gasteiger partial charge in [0.1, 0.15) is 0 Å². The van der Waals surface area contributed by atoms with Crippen LogP contribution in [0.15, 0.2) is 0 Å². The molecule has 1 aliphatic rings. The van der Waals surface area contributed by atoms with Crippen molar-refractivity contribution in [3.05, 3.63) is 0 Å². The van der Waals surface area contributed by atoms with Crippen molar-refractivity contribution in [3.8, 4) is 0 Å². The van der Waals surface area contributed by atoms with Crippen LogP contribution in [0.4, 0.5) is 0 Å². The number of amides is 1. The van der Waals surface area contributed by atoms with E-state index in [1.807, 2.05) is 11.8 Å². The molecule has 0 saturated heterocycles. The second-order valence-corrected chi connectivity index (χ2v) is 4.80. The monoisotopic (exact) mass is 241 g/mol. The Kier molecular flexibility index (Phi) is 5.45. The van der Waals surface area contributed by atoms with E-state index in [4.69, 9.17) is 5.11 Å². The van der Waals surface area contributed by atoms with Gasteiger partial charge in [-0.3, -0.25) is 9.59 Å². The SMILES string of the molecule is CCCN(CC)C(=O)C1CCC(C(=O)O)CC1. The Morgan fingerprint density at radius 2 is 1.65 bits per heavy atom. The second kappa shape index (κ2) is 6.62. The molecule has 0 spiro atoms. The van der Waals surface area contributed by atoms with E-state index in [-0.39, 0.29) is 17.7 Å². The summed E-state index contributed by atoms with van der Waals surface area (Å²) in [4.78, 5) is 24.9. The van der Waals surface area contributed by atoms with Crippen molar-refractivity contribution in [2.24, 2.45) is 11.8 Å². The van der Waals surface area contributed by atoms with Crippen molar-refractivity contribution in [3.63, 3.8) is 0 Å². The van der Waals surface area contributed by atoms with Gasteiger partial charge in [-0.25, -0.2) is 0 Å². The van der Waals surface area contributed by atoms with Crippen molar-refractivity contribution in [2.75, 3.05) is 13.1 Å². The van der Waals surface area contributed by atoms with Gasteiger partial charge in [-0.1, -0.05) is 6.92 Å². The van der Waals surface area contributed by atoms with E-state index in [2.05, 4.69) is 6.92 Å². The minimum absolute atomic E-state index is 0.0529. The number of carboxylic acid groups (broad SMARTS) is 1. The fraction of sp³-hybridized carbons (Fsp3) is 0.846. The number of carbonyl (C=O) groups is 2. The van der Waals surface area contributed by atoms with Gasteiger partial charge in [0.15, 0.2) is 0 Å². The normalized spacial score (nSPS) is 24.4. The van der Waals surface area contributed by atoms with Crippen LogP contribution >= 0.6 is 0 Å². The van der Waals surface area contributed by atoms with Gasteiger partial charge in [0.05, 0.1) is 5.92 Å². The molecule has 0 atom stereocenters. The minimum atomic E-state index is -0.711. The molecule has 0 aliphatic heterocycles. The number of carbonyl (C=O) groups excluding carboxylic acids is 1. The lowest BCUT2D eigenvalue weighted by molar-refractivity contribution is -0.145. The van der Waals surface area contributed by atoms with E-state index in [0.717, 1.165) is 32.4 Å². The van der Waals surface area contributed by atoms with Crippen molar-refractivity contribution in [1.82, 2.24) is 4.90 Å². The van der Waals surface area contributed by atoms with Crippen LogP contribution in [0.1, 0.15) is 46.0 Å². The average Bonchev–Trinajstić information content (AvgIpc) is 2.35. The molecule has 0 aromatic rings.